The van der Waals surface area contributed by atoms with Gasteiger partial charge in [-0.1, -0.05) is 6.07 Å². The Kier molecular flexibility index (Phi) is 9.27. The number of benzene rings is 2. The zero-order chi connectivity index (χ0) is 23.7. The van der Waals surface area contributed by atoms with Gasteiger partial charge in [-0.25, -0.2) is 4.42 Å². The van der Waals surface area contributed by atoms with Crippen molar-refractivity contribution < 1.29 is 28.5 Å². The second-order valence-corrected chi connectivity index (χ2v) is 6.70. The third kappa shape index (κ3) is 5.88. The van der Waals surface area contributed by atoms with Crippen LogP contribution in [0.25, 0.3) is 0 Å². The quantitative estimate of drug-likeness (QED) is 0.271. The second-order valence-electron chi connectivity index (χ2n) is 6.36. The minimum Gasteiger partial charge on any atom is -0.493 e. The Morgan fingerprint density at radius 3 is 2.28 bits per heavy atom. The van der Waals surface area contributed by atoms with E-state index in [9.17, 15) is 9.59 Å². The summed E-state index contributed by atoms with van der Waals surface area (Å²) in [5, 5.41) is 7.96. The summed E-state index contributed by atoms with van der Waals surface area (Å²) < 4.78 is 22.4. The van der Waals surface area contributed by atoms with E-state index in [1.54, 1.807) is 43.3 Å². The number of carbonyl (C=O) groups excluding carboxylic acids is 2. The number of ketones is 1. The number of Topliss-reactive ketones (excluding diaryl/α,β-unsaturated/α-hetero) is 1. The van der Waals surface area contributed by atoms with Gasteiger partial charge >= 0.3 is 0 Å². The maximum atomic E-state index is 13.0. The minimum absolute atomic E-state index is 0.233. The highest BCUT2D eigenvalue weighted by molar-refractivity contribution is 6.39. The predicted molar refractivity (Wildman–Crippen MR) is 121 cm³/mol. The van der Waals surface area contributed by atoms with Crippen molar-refractivity contribution in [3.05, 3.63) is 36.4 Å². The first kappa shape index (κ1) is 24.9. The number of hydrogen-bond donors (Lipinski definition) is 0. The van der Waals surface area contributed by atoms with Gasteiger partial charge in [-0.2, -0.15) is 10.2 Å². The number of methoxy groups -OCH3 is 2. The minimum atomic E-state index is -1.45. The van der Waals surface area contributed by atoms with Gasteiger partial charge < -0.3 is 18.9 Å². The summed E-state index contributed by atoms with van der Waals surface area (Å²) in [6.45, 7) is 5.58. The number of amides is 1. The molecule has 0 heterocycles. The third-order valence-corrected chi connectivity index (χ3v) is 4.58. The zero-order valence-corrected chi connectivity index (χ0v) is 19.4. The Hall–Kier alpha value is -3.33. The van der Waals surface area contributed by atoms with Gasteiger partial charge in [0.2, 0.25) is 6.04 Å². The van der Waals surface area contributed by atoms with Gasteiger partial charge in [-0.05, 0) is 45.0 Å². The Labute approximate surface area is 192 Å². The van der Waals surface area contributed by atoms with E-state index in [-0.39, 0.29) is 5.69 Å². The van der Waals surface area contributed by atoms with Crippen LogP contribution in [0.4, 0.5) is 11.4 Å². The van der Waals surface area contributed by atoms with Gasteiger partial charge in [-0.15, -0.1) is 0 Å². The monoisotopic (exact) mass is 463 g/mol. The molecule has 0 fully saturated rings. The van der Waals surface area contributed by atoms with Crippen LogP contribution < -0.4 is 23.4 Å². The number of azo groups is 1. The smallest absolute Gasteiger partial charge is 0.276 e. The van der Waals surface area contributed by atoms with Gasteiger partial charge in [-0.3, -0.25) is 9.59 Å². The summed E-state index contributed by atoms with van der Waals surface area (Å²) in [4.78, 5) is 25.2. The number of para-hydroxylation sites is 1. The van der Waals surface area contributed by atoms with Crippen LogP contribution in [-0.4, -0.2) is 45.2 Å². The van der Waals surface area contributed by atoms with E-state index in [1.165, 1.54) is 21.1 Å². The molecule has 0 saturated carbocycles. The SMILES string of the molecule is CCOc1cccc(N(Cl)C(=O)C(N=Nc2ccc(OC)c(OC)c2)C(C)=O)c1OCC. The lowest BCUT2D eigenvalue weighted by Crippen LogP contribution is -2.36. The van der Waals surface area contributed by atoms with Crippen LogP contribution in [0.3, 0.4) is 0 Å². The molecule has 9 nitrogen and oxygen atoms in total. The van der Waals surface area contributed by atoms with Gasteiger partial charge in [0.15, 0.2) is 28.8 Å². The molecule has 0 aliphatic carbocycles. The molecule has 172 valence electrons. The molecule has 1 atom stereocenters. The molecule has 2 rings (SSSR count). The van der Waals surface area contributed by atoms with Crippen LogP contribution in [0.2, 0.25) is 0 Å². The standard InChI is InChI=1S/C22H26ClN3O6/c1-6-31-18-10-8-9-16(21(18)32-7-2)26(23)22(28)20(14(3)27)25-24-15-11-12-17(29-4)19(13-15)30-5/h8-13,20H,6-7H2,1-5H3. The number of nitrogens with zero attached hydrogens (tertiary/aromatic N) is 3. The van der Waals surface area contributed by atoms with E-state index in [2.05, 4.69) is 10.2 Å². The van der Waals surface area contributed by atoms with E-state index >= 15 is 0 Å². The summed E-state index contributed by atoms with van der Waals surface area (Å²) in [6.07, 6.45) is 0. The molecule has 10 heteroatoms. The fourth-order valence-electron chi connectivity index (χ4n) is 2.76. The largest absolute Gasteiger partial charge is 0.493 e. The highest BCUT2D eigenvalue weighted by Crippen LogP contribution is 2.39. The number of ether oxygens (including phenoxy) is 4. The first-order valence-corrected chi connectivity index (χ1v) is 10.2. The maximum absolute atomic E-state index is 13.0. The van der Waals surface area contributed by atoms with Crippen molar-refractivity contribution in [1.29, 1.82) is 0 Å². The average Bonchev–Trinajstić information content (AvgIpc) is 2.79. The lowest BCUT2D eigenvalue weighted by atomic mass is 10.2. The summed E-state index contributed by atoms with van der Waals surface area (Å²) in [6, 6.07) is 8.32. The fourth-order valence-corrected chi connectivity index (χ4v) is 2.99. The van der Waals surface area contributed by atoms with Crippen molar-refractivity contribution in [2.45, 2.75) is 26.8 Å². The third-order valence-electron chi connectivity index (χ3n) is 4.23. The fraction of sp³-hybridized carbons (Fsp3) is 0.364. The van der Waals surface area contributed by atoms with Gasteiger partial charge in [0.05, 0.1) is 33.1 Å². The van der Waals surface area contributed by atoms with Crippen molar-refractivity contribution >= 4 is 34.8 Å². The Bertz CT molecular complexity index is 982. The number of anilines is 1. The average molecular weight is 464 g/mol. The molecule has 2 aromatic rings. The lowest BCUT2D eigenvalue weighted by molar-refractivity contribution is -0.126. The lowest BCUT2D eigenvalue weighted by Gasteiger charge is -2.21. The summed E-state index contributed by atoms with van der Waals surface area (Å²) in [5.74, 6) is 0.357. The van der Waals surface area contributed by atoms with E-state index in [4.69, 9.17) is 30.7 Å². The molecule has 2 aromatic carbocycles. The normalized spacial score (nSPS) is 11.7. The molecule has 0 N–H and O–H groups in total. The molecule has 1 amide bonds. The maximum Gasteiger partial charge on any atom is 0.276 e. The Balaban J connectivity index is 2.35. The topological polar surface area (TPSA) is 99.0 Å². The molecular formula is C22H26ClN3O6. The summed E-state index contributed by atoms with van der Waals surface area (Å²) in [5.41, 5.74) is 0.605. The van der Waals surface area contributed by atoms with E-state index in [0.29, 0.717) is 41.9 Å². The molecule has 0 radical (unpaired) electrons. The number of carbonyl (C=O) groups is 2. The molecule has 0 aromatic heterocycles. The first-order chi connectivity index (χ1) is 15.4. The van der Waals surface area contributed by atoms with Gasteiger partial charge in [0.1, 0.15) is 5.69 Å². The molecule has 32 heavy (non-hydrogen) atoms. The summed E-state index contributed by atoms with van der Waals surface area (Å²) >= 11 is 6.34. The predicted octanol–water partition coefficient (Wildman–Crippen LogP) is 4.73. The van der Waals surface area contributed by atoms with Crippen LogP contribution in [-0.2, 0) is 9.59 Å². The zero-order valence-electron chi connectivity index (χ0n) is 18.6. The Morgan fingerprint density at radius 1 is 1.00 bits per heavy atom. The molecule has 0 saturated heterocycles. The number of rotatable bonds is 11. The number of halogens is 1. The van der Waals surface area contributed by atoms with E-state index in [0.717, 1.165) is 4.42 Å². The molecule has 0 spiro atoms. The van der Waals surface area contributed by atoms with Crippen LogP contribution in [0.5, 0.6) is 23.0 Å². The van der Waals surface area contributed by atoms with Crippen molar-refractivity contribution in [1.82, 2.24) is 0 Å². The van der Waals surface area contributed by atoms with Crippen LogP contribution in [0.1, 0.15) is 20.8 Å². The highest BCUT2D eigenvalue weighted by atomic mass is 35.5. The van der Waals surface area contributed by atoms with Crippen molar-refractivity contribution in [2.24, 2.45) is 10.2 Å². The van der Waals surface area contributed by atoms with E-state index in [1.807, 2.05) is 6.92 Å². The van der Waals surface area contributed by atoms with Gasteiger partial charge in [0, 0.05) is 17.8 Å². The highest BCUT2D eigenvalue weighted by Gasteiger charge is 2.31. The van der Waals surface area contributed by atoms with Crippen molar-refractivity contribution in [3.63, 3.8) is 0 Å². The Morgan fingerprint density at radius 2 is 1.69 bits per heavy atom. The molecule has 0 aliphatic rings. The first-order valence-electron chi connectivity index (χ1n) is 9.89. The molecule has 0 bridgehead atoms. The molecule has 1 unspecified atom stereocenters. The van der Waals surface area contributed by atoms with Crippen LogP contribution in [0.15, 0.2) is 46.6 Å². The summed E-state index contributed by atoms with van der Waals surface area (Å²) in [7, 11) is 2.99. The van der Waals surface area contributed by atoms with Crippen molar-refractivity contribution in [3.8, 4) is 23.0 Å². The van der Waals surface area contributed by atoms with E-state index < -0.39 is 17.7 Å². The number of hydrogen-bond acceptors (Lipinski definition) is 8. The molecule has 0 aliphatic heterocycles. The van der Waals surface area contributed by atoms with Crippen LogP contribution >= 0.6 is 11.8 Å². The molecular weight excluding hydrogens is 438 g/mol. The van der Waals surface area contributed by atoms with Crippen LogP contribution in [0, 0.1) is 0 Å². The second kappa shape index (κ2) is 11.9. The van der Waals surface area contributed by atoms with Gasteiger partial charge in [0.25, 0.3) is 5.91 Å². The van der Waals surface area contributed by atoms with Crippen molar-refractivity contribution in [2.75, 3.05) is 31.9 Å².